The van der Waals surface area contributed by atoms with E-state index >= 15 is 0 Å². The van der Waals surface area contributed by atoms with Crippen LogP contribution in [0.3, 0.4) is 0 Å². The van der Waals surface area contributed by atoms with Crippen molar-refractivity contribution in [2.75, 3.05) is 6.54 Å². The molecule has 1 fully saturated rings. The van der Waals surface area contributed by atoms with Crippen LogP contribution in [0.2, 0.25) is 0 Å². The van der Waals surface area contributed by atoms with Crippen LogP contribution >= 0.6 is 0 Å². The molecule has 4 heteroatoms. The van der Waals surface area contributed by atoms with Crippen LogP contribution in [0.1, 0.15) is 31.2 Å². The van der Waals surface area contributed by atoms with Gasteiger partial charge < -0.3 is 16.2 Å². The SMILES string of the molecule is NC(=NCc1ccccc1)NCC1(O)CCCC1. The Hall–Kier alpha value is -1.55. The molecule has 1 aromatic carbocycles. The molecular weight excluding hydrogens is 226 g/mol. The molecule has 4 nitrogen and oxygen atoms in total. The molecule has 4 N–H and O–H groups in total. The van der Waals surface area contributed by atoms with E-state index in [9.17, 15) is 5.11 Å². The highest BCUT2D eigenvalue weighted by atomic mass is 16.3. The molecule has 1 aromatic rings. The summed E-state index contributed by atoms with van der Waals surface area (Å²) in [5, 5.41) is 13.2. The molecule has 18 heavy (non-hydrogen) atoms. The lowest BCUT2D eigenvalue weighted by Gasteiger charge is -2.22. The predicted molar refractivity (Wildman–Crippen MR) is 73.2 cm³/mol. The third-order valence-corrected chi connectivity index (χ3v) is 3.41. The molecule has 0 heterocycles. The van der Waals surface area contributed by atoms with Gasteiger partial charge in [0.25, 0.3) is 0 Å². The van der Waals surface area contributed by atoms with Crippen LogP contribution in [0.4, 0.5) is 0 Å². The summed E-state index contributed by atoms with van der Waals surface area (Å²) in [5.41, 5.74) is 6.32. The average molecular weight is 247 g/mol. The van der Waals surface area contributed by atoms with E-state index < -0.39 is 5.60 Å². The zero-order valence-corrected chi connectivity index (χ0v) is 10.6. The molecule has 0 amide bonds. The molecule has 0 saturated heterocycles. The van der Waals surface area contributed by atoms with Gasteiger partial charge >= 0.3 is 0 Å². The van der Waals surface area contributed by atoms with Gasteiger partial charge in [0.2, 0.25) is 0 Å². The number of hydrogen-bond acceptors (Lipinski definition) is 2. The van der Waals surface area contributed by atoms with Crippen molar-refractivity contribution in [2.24, 2.45) is 10.7 Å². The van der Waals surface area contributed by atoms with Gasteiger partial charge in [-0.25, -0.2) is 4.99 Å². The number of guanidine groups is 1. The van der Waals surface area contributed by atoms with Crippen molar-refractivity contribution < 1.29 is 5.11 Å². The van der Waals surface area contributed by atoms with Crippen molar-refractivity contribution in [1.82, 2.24) is 5.32 Å². The Morgan fingerprint density at radius 1 is 1.28 bits per heavy atom. The van der Waals surface area contributed by atoms with E-state index in [2.05, 4.69) is 10.3 Å². The summed E-state index contributed by atoms with van der Waals surface area (Å²) in [6.07, 6.45) is 3.90. The fourth-order valence-electron chi connectivity index (χ4n) is 2.28. The van der Waals surface area contributed by atoms with Crippen molar-refractivity contribution in [3.8, 4) is 0 Å². The Kier molecular flexibility index (Phi) is 4.20. The fourth-order valence-corrected chi connectivity index (χ4v) is 2.28. The largest absolute Gasteiger partial charge is 0.388 e. The first kappa shape index (κ1) is 12.9. The zero-order valence-electron chi connectivity index (χ0n) is 10.6. The Labute approximate surface area is 108 Å². The summed E-state index contributed by atoms with van der Waals surface area (Å²) in [6, 6.07) is 9.97. The minimum atomic E-state index is -0.590. The van der Waals surface area contributed by atoms with Crippen molar-refractivity contribution in [1.29, 1.82) is 0 Å². The van der Waals surface area contributed by atoms with Crippen molar-refractivity contribution in [3.63, 3.8) is 0 Å². The van der Waals surface area contributed by atoms with E-state index in [4.69, 9.17) is 5.73 Å². The molecule has 1 saturated carbocycles. The molecule has 98 valence electrons. The lowest BCUT2D eigenvalue weighted by molar-refractivity contribution is 0.0523. The molecular formula is C14H21N3O. The van der Waals surface area contributed by atoms with Gasteiger partial charge in [0.15, 0.2) is 5.96 Å². The van der Waals surface area contributed by atoms with Crippen molar-refractivity contribution in [3.05, 3.63) is 35.9 Å². The van der Waals surface area contributed by atoms with Crippen LogP contribution in [0.15, 0.2) is 35.3 Å². The predicted octanol–water partition coefficient (Wildman–Crippen LogP) is 1.40. The topological polar surface area (TPSA) is 70.6 Å². The Balaban J connectivity index is 1.79. The minimum absolute atomic E-state index is 0.402. The van der Waals surface area contributed by atoms with E-state index in [1.165, 1.54) is 0 Å². The van der Waals surface area contributed by atoms with E-state index in [1.807, 2.05) is 30.3 Å². The maximum absolute atomic E-state index is 10.2. The second-order valence-corrected chi connectivity index (χ2v) is 4.97. The standard InChI is InChI=1S/C14H21N3O/c15-13(16-10-12-6-2-1-3-7-12)17-11-14(18)8-4-5-9-14/h1-3,6-7,18H,4-5,8-11H2,(H3,15,16,17). The monoisotopic (exact) mass is 247 g/mol. The van der Waals surface area contributed by atoms with Gasteiger partial charge in [0.05, 0.1) is 12.1 Å². The van der Waals surface area contributed by atoms with Gasteiger partial charge in [-0.3, -0.25) is 0 Å². The third-order valence-electron chi connectivity index (χ3n) is 3.41. The smallest absolute Gasteiger partial charge is 0.189 e. The van der Waals surface area contributed by atoms with E-state index in [1.54, 1.807) is 0 Å². The summed E-state index contributed by atoms with van der Waals surface area (Å²) >= 11 is 0. The van der Waals surface area contributed by atoms with E-state index in [0.717, 1.165) is 31.2 Å². The average Bonchev–Trinajstić information content (AvgIpc) is 2.83. The summed E-state index contributed by atoms with van der Waals surface area (Å²) in [4.78, 5) is 4.26. The summed E-state index contributed by atoms with van der Waals surface area (Å²) in [5.74, 6) is 0.402. The fraction of sp³-hybridized carbons (Fsp3) is 0.500. The maximum atomic E-state index is 10.2. The number of nitrogens with two attached hydrogens (primary N) is 1. The lowest BCUT2D eigenvalue weighted by atomic mass is 10.0. The van der Waals surface area contributed by atoms with Crippen molar-refractivity contribution in [2.45, 2.75) is 37.8 Å². The van der Waals surface area contributed by atoms with Crippen LogP contribution in [0.5, 0.6) is 0 Å². The number of aliphatic imine (C=N–C) groups is 1. The van der Waals surface area contributed by atoms with Crippen LogP contribution < -0.4 is 11.1 Å². The highest BCUT2D eigenvalue weighted by molar-refractivity contribution is 5.77. The van der Waals surface area contributed by atoms with Crippen LogP contribution in [-0.4, -0.2) is 23.2 Å². The molecule has 0 radical (unpaired) electrons. The molecule has 0 aromatic heterocycles. The third kappa shape index (κ3) is 3.74. The first-order valence-corrected chi connectivity index (χ1v) is 6.48. The zero-order chi connectivity index (χ0) is 12.8. The Morgan fingerprint density at radius 3 is 2.61 bits per heavy atom. The number of nitrogens with zero attached hydrogens (tertiary/aromatic N) is 1. The number of nitrogens with one attached hydrogen (secondary N) is 1. The van der Waals surface area contributed by atoms with E-state index in [-0.39, 0.29) is 0 Å². The van der Waals surface area contributed by atoms with Gasteiger partial charge in [-0.1, -0.05) is 43.2 Å². The summed E-state index contributed by atoms with van der Waals surface area (Å²) in [6.45, 7) is 1.06. The summed E-state index contributed by atoms with van der Waals surface area (Å²) < 4.78 is 0. The molecule has 2 rings (SSSR count). The number of rotatable bonds is 4. The van der Waals surface area contributed by atoms with Gasteiger partial charge in [0.1, 0.15) is 0 Å². The minimum Gasteiger partial charge on any atom is -0.388 e. The second-order valence-electron chi connectivity index (χ2n) is 4.97. The van der Waals surface area contributed by atoms with E-state index in [0.29, 0.717) is 19.0 Å². The Bertz CT molecular complexity index is 397. The quantitative estimate of drug-likeness (QED) is 0.556. The molecule has 0 atom stereocenters. The lowest BCUT2D eigenvalue weighted by Crippen LogP contribution is -2.43. The Morgan fingerprint density at radius 2 is 1.94 bits per heavy atom. The highest BCUT2D eigenvalue weighted by Gasteiger charge is 2.30. The maximum Gasteiger partial charge on any atom is 0.189 e. The molecule has 1 aliphatic carbocycles. The first-order valence-electron chi connectivity index (χ1n) is 6.48. The first-order chi connectivity index (χ1) is 8.68. The number of benzene rings is 1. The highest BCUT2D eigenvalue weighted by Crippen LogP contribution is 2.28. The molecule has 1 aliphatic rings. The van der Waals surface area contributed by atoms with Gasteiger partial charge in [-0.15, -0.1) is 0 Å². The van der Waals surface area contributed by atoms with Gasteiger partial charge in [0, 0.05) is 6.54 Å². The van der Waals surface area contributed by atoms with Crippen molar-refractivity contribution >= 4 is 5.96 Å². The van der Waals surface area contributed by atoms with Crippen LogP contribution in [0, 0.1) is 0 Å². The van der Waals surface area contributed by atoms with Gasteiger partial charge in [-0.05, 0) is 18.4 Å². The molecule has 0 unspecified atom stereocenters. The van der Waals surface area contributed by atoms with Crippen LogP contribution in [0.25, 0.3) is 0 Å². The molecule has 0 bridgehead atoms. The molecule has 0 spiro atoms. The molecule has 0 aliphatic heterocycles. The second kappa shape index (κ2) is 5.87. The number of hydrogen-bond donors (Lipinski definition) is 3. The van der Waals surface area contributed by atoms with Crippen LogP contribution in [-0.2, 0) is 6.54 Å². The van der Waals surface area contributed by atoms with Gasteiger partial charge in [-0.2, -0.15) is 0 Å². The summed E-state index contributed by atoms with van der Waals surface area (Å²) in [7, 11) is 0. The normalized spacial score (nSPS) is 18.8. The number of aliphatic hydroxyl groups is 1.